The molecule has 1 fully saturated rings. The summed E-state index contributed by atoms with van der Waals surface area (Å²) in [6, 6.07) is 0. The van der Waals surface area contributed by atoms with Gasteiger partial charge in [0.1, 0.15) is 0 Å². The lowest BCUT2D eigenvalue weighted by atomic mass is 10.3. The molecule has 4 heteroatoms. The normalized spacial score (nSPS) is 19.1. The third kappa shape index (κ3) is 2.71. The Morgan fingerprint density at radius 1 is 1.50 bits per heavy atom. The van der Waals surface area contributed by atoms with Gasteiger partial charge in [-0.15, -0.1) is 0 Å². The smallest absolute Gasteiger partial charge is 0.204 e. The van der Waals surface area contributed by atoms with E-state index in [1.807, 2.05) is 4.90 Å². The fourth-order valence-electron chi connectivity index (χ4n) is 1.16. The van der Waals surface area contributed by atoms with Crippen molar-refractivity contribution in [3.05, 3.63) is 12.4 Å². The molecular formula is C8H13FN2O. The molecule has 0 aromatic rings. The molecule has 68 valence electrons. The van der Waals surface area contributed by atoms with E-state index in [-0.39, 0.29) is 6.54 Å². The van der Waals surface area contributed by atoms with Crippen molar-refractivity contribution in [2.24, 2.45) is 0 Å². The number of nitrogens with zero attached hydrogens (tertiary/aromatic N) is 1. The number of nitrogens with one attached hydrogen (secondary N) is 1. The minimum atomic E-state index is -0.839. The van der Waals surface area contributed by atoms with E-state index in [0.717, 1.165) is 26.2 Å². The van der Waals surface area contributed by atoms with Gasteiger partial charge in [0.25, 0.3) is 0 Å². The van der Waals surface area contributed by atoms with Crippen molar-refractivity contribution in [3.63, 3.8) is 0 Å². The van der Waals surface area contributed by atoms with Crippen molar-refractivity contribution >= 4 is 5.78 Å². The van der Waals surface area contributed by atoms with Crippen LogP contribution in [0.25, 0.3) is 0 Å². The average Bonchev–Trinajstić information content (AvgIpc) is 2.06. The number of ketones is 1. The van der Waals surface area contributed by atoms with E-state index in [1.54, 1.807) is 0 Å². The predicted octanol–water partition coefficient (Wildman–Crippen LogP) is -0.0561. The summed E-state index contributed by atoms with van der Waals surface area (Å²) in [4.78, 5) is 12.8. The minimum Gasteiger partial charge on any atom is -0.314 e. The van der Waals surface area contributed by atoms with Crippen molar-refractivity contribution in [3.8, 4) is 0 Å². The van der Waals surface area contributed by atoms with Gasteiger partial charge in [-0.2, -0.15) is 0 Å². The van der Waals surface area contributed by atoms with Gasteiger partial charge in [-0.05, 0) is 0 Å². The van der Waals surface area contributed by atoms with Gasteiger partial charge in [-0.3, -0.25) is 9.69 Å². The van der Waals surface area contributed by atoms with Crippen LogP contribution in [0.2, 0.25) is 0 Å². The van der Waals surface area contributed by atoms with E-state index in [9.17, 15) is 9.18 Å². The van der Waals surface area contributed by atoms with E-state index >= 15 is 0 Å². The summed E-state index contributed by atoms with van der Waals surface area (Å²) >= 11 is 0. The molecule has 1 N–H and O–H groups in total. The number of hydrogen-bond donors (Lipinski definition) is 1. The summed E-state index contributed by atoms with van der Waals surface area (Å²) in [6.07, 6.45) is 0. The molecule has 1 rings (SSSR count). The van der Waals surface area contributed by atoms with E-state index in [0.29, 0.717) is 0 Å². The molecule has 0 saturated carbocycles. The fourth-order valence-corrected chi connectivity index (χ4v) is 1.16. The van der Waals surface area contributed by atoms with Crippen LogP contribution >= 0.6 is 0 Å². The second-order valence-corrected chi connectivity index (χ2v) is 2.85. The van der Waals surface area contributed by atoms with Crippen LogP contribution in [-0.4, -0.2) is 43.4 Å². The zero-order valence-corrected chi connectivity index (χ0v) is 6.98. The molecule has 1 saturated heterocycles. The van der Waals surface area contributed by atoms with E-state index in [1.165, 1.54) is 0 Å². The highest BCUT2D eigenvalue weighted by Crippen LogP contribution is 1.98. The quantitative estimate of drug-likeness (QED) is 0.605. The zero-order chi connectivity index (χ0) is 8.97. The number of Topliss-reactive ketones (excluding diaryl/α,β-unsaturated/α-hetero) is 1. The lowest BCUT2D eigenvalue weighted by Crippen LogP contribution is -2.45. The zero-order valence-electron chi connectivity index (χ0n) is 6.98. The maximum absolute atomic E-state index is 12.3. The van der Waals surface area contributed by atoms with Crippen LogP contribution in [0, 0.1) is 0 Å². The second-order valence-electron chi connectivity index (χ2n) is 2.85. The standard InChI is InChI=1S/C8H13FN2O/c1-7(9)8(12)6-11-4-2-10-3-5-11/h10H,1-6H2. The Bertz CT molecular complexity index is 187. The predicted molar refractivity (Wildman–Crippen MR) is 44.6 cm³/mol. The molecule has 0 radical (unpaired) electrons. The van der Waals surface area contributed by atoms with Crippen LogP contribution < -0.4 is 5.32 Å². The van der Waals surface area contributed by atoms with Crippen LogP contribution in [0.3, 0.4) is 0 Å². The molecule has 0 bridgehead atoms. The van der Waals surface area contributed by atoms with Gasteiger partial charge in [-0.25, -0.2) is 4.39 Å². The molecule has 1 heterocycles. The summed E-state index contributed by atoms with van der Waals surface area (Å²) in [5, 5.41) is 3.15. The third-order valence-corrected chi connectivity index (χ3v) is 1.88. The minimum absolute atomic E-state index is 0.164. The monoisotopic (exact) mass is 172 g/mol. The molecule has 1 aliphatic rings. The Kier molecular flexibility index (Phi) is 3.37. The summed E-state index contributed by atoms with van der Waals surface area (Å²) in [5.74, 6) is -1.34. The van der Waals surface area contributed by atoms with Crippen LogP contribution in [-0.2, 0) is 4.79 Å². The van der Waals surface area contributed by atoms with Gasteiger partial charge in [-0.1, -0.05) is 6.58 Å². The number of rotatable bonds is 3. The average molecular weight is 172 g/mol. The van der Waals surface area contributed by atoms with Gasteiger partial charge < -0.3 is 5.32 Å². The molecular weight excluding hydrogens is 159 g/mol. The molecule has 12 heavy (non-hydrogen) atoms. The Morgan fingerprint density at radius 3 is 2.58 bits per heavy atom. The maximum atomic E-state index is 12.3. The fraction of sp³-hybridized carbons (Fsp3) is 0.625. The van der Waals surface area contributed by atoms with Gasteiger partial charge in [0.2, 0.25) is 5.78 Å². The lowest BCUT2D eigenvalue weighted by Gasteiger charge is -2.25. The van der Waals surface area contributed by atoms with Crippen molar-refractivity contribution in [1.82, 2.24) is 10.2 Å². The summed E-state index contributed by atoms with van der Waals surface area (Å²) in [5.41, 5.74) is 0. The number of carbonyl (C=O) groups is 1. The van der Waals surface area contributed by atoms with Gasteiger partial charge in [0.05, 0.1) is 6.54 Å². The van der Waals surface area contributed by atoms with Crippen LogP contribution in [0.5, 0.6) is 0 Å². The third-order valence-electron chi connectivity index (χ3n) is 1.88. The van der Waals surface area contributed by atoms with Crippen molar-refractivity contribution in [1.29, 1.82) is 0 Å². The van der Waals surface area contributed by atoms with E-state index in [2.05, 4.69) is 11.9 Å². The summed E-state index contributed by atoms with van der Waals surface area (Å²) < 4.78 is 12.3. The van der Waals surface area contributed by atoms with E-state index < -0.39 is 11.6 Å². The first kappa shape index (κ1) is 9.35. The molecule has 0 amide bonds. The largest absolute Gasteiger partial charge is 0.314 e. The maximum Gasteiger partial charge on any atom is 0.204 e. The number of hydrogen-bond acceptors (Lipinski definition) is 3. The number of halogens is 1. The summed E-state index contributed by atoms with van der Waals surface area (Å²) in [6.45, 7) is 6.47. The Hall–Kier alpha value is -0.740. The van der Waals surface area contributed by atoms with Crippen LogP contribution in [0.15, 0.2) is 12.4 Å². The second kappa shape index (κ2) is 4.33. The Morgan fingerprint density at radius 2 is 2.08 bits per heavy atom. The molecule has 0 atom stereocenters. The Labute approximate surface area is 71.2 Å². The molecule has 0 unspecified atom stereocenters. The van der Waals surface area contributed by atoms with Crippen LogP contribution in [0.4, 0.5) is 4.39 Å². The summed E-state index contributed by atoms with van der Waals surface area (Å²) in [7, 11) is 0. The lowest BCUT2D eigenvalue weighted by molar-refractivity contribution is -0.118. The molecule has 0 aromatic heterocycles. The topological polar surface area (TPSA) is 32.3 Å². The molecule has 3 nitrogen and oxygen atoms in total. The number of piperazine rings is 1. The first-order valence-electron chi connectivity index (χ1n) is 4.01. The first-order valence-corrected chi connectivity index (χ1v) is 4.01. The number of carbonyl (C=O) groups excluding carboxylic acids is 1. The van der Waals surface area contributed by atoms with Crippen molar-refractivity contribution in [2.75, 3.05) is 32.7 Å². The Balaban J connectivity index is 2.29. The van der Waals surface area contributed by atoms with Gasteiger partial charge >= 0.3 is 0 Å². The first-order chi connectivity index (χ1) is 5.70. The molecule has 0 aromatic carbocycles. The highest BCUT2D eigenvalue weighted by atomic mass is 19.1. The van der Waals surface area contributed by atoms with E-state index in [4.69, 9.17) is 0 Å². The van der Waals surface area contributed by atoms with Gasteiger partial charge in [0.15, 0.2) is 5.83 Å². The van der Waals surface area contributed by atoms with Gasteiger partial charge in [0, 0.05) is 26.2 Å². The highest BCUT2D eigenvalue weighted by molar-refractivity contribution is 5.94. The SMILES string of the molecule is C=C(F)C(=O)CN1CCNCC1. The highest BCUT2D eigenvalue weighted by Gasteiger charge is 2.14. The van der Waals surface area contributed by atoms with Crippen molar-refractivity contribution in [2.45, 2.75) is 0 Å². The molecule has 0 aliphatic carbocycles. The van der Waals surface area contributed by atoms with Crippen LogP contribution in [0.1, 0.15) is 0 Å². The molecule has 1 aliphatic heterocycles. The molecule has 0 spiro atoms. The van der Waals surface area contributed by atoms with Crippen molar-refractivity contribution < 1.29 is 9.18 Å².